The highest BCUT2D eigenvalue weighted by molar-refractivity contribution is 6.02. The van der Waals surface area contributed by atoms with Gasteiger partial charge in [0, 0.05) is 32.8 Å². The molecule has 104 valence electrons. The molecule has 1 aliphatic rings. The van der Waals surface area contributed by atoms with Crippen molar-refractivity contribution in [3.8, 4) is 0 Å². The largest absolute Gasteiger partial charge is 0.382 e. The van der Waals surface area contributed by atoms with E-state index in [1.165, 1.54) is 0 Å². The van der Waals surface area contributed by atoms with Crippen LogP contribution in [-0.2, 0) is 4.74 Å². The van der Waals surface area contributed by atoms with Crippen LogP contribution >= 0.6 is 0 Å². The number of amides is 1. The van der Waals surface area contributed by atoms with Gasteiger partial charge in [-0.05, 0) is 25.5 Å². The average Bonchev–Trinajstić information content (AvgIpc) is 2.46. The first-order valence-corrected chi connectivity index (χ1v) is 6.79. The van der Waals surface area contributed by atoms with Crippen molar-refractivity contribution in [2.75, 3.05) is 43.5 Å². The molecule has 1 amide bonds. The van der Waals surface area contributed by atoms with Gasteiger partial charge >= 0.3 is 0 Å². The van der Waals surface area contributed by atoms with Crippen molar-refractivity contribution in [3.63, 3.8) is 0 Å². The Morgan fingerprint density at radius 2 is 2.21 bits per heavy atom. The van der Waals surface area contributed by atoms with Gasteiger partial charge in [0.25, 0.3) is 5.91 Å². The summed E-state index contributed by atoms with van der Waals surface area (Å²) in [5, 5.41) is 9.48. The van der Waals surface area contributed by atoms with E-state index in [9.17, 15) is 4.79 Å². The fourth-order valence-electron chi connectivity index (χ4n) is 2.08. The van der Waals surface area contributed by atoms with Gasteiger partial charge in [0.15, 0.2) is 0 Å². The van der Waals surface area contributed by atoms with Crippen molar-refractivity contribution >= 4 is 17.3 Å². The monoisotopic (exact) mass is 263 g/mol. The Kier molecular flexibility index (Phi) is 5.03. The highest BCUT2D eigenvalue weighted by Crippen LogP contribution is 2.28. The third-order valence-electron chi connectivity index (χ3n) is 3.01. The van der Waals surface area contributed by atoms with Crippen LogP contribution in [0.25, 0.3) is 0 Å². The lowest BCUT2D eigenvalue weighted by atomic mass is 10.1. The Morgan fingerprint density at radius 3 is 3.05 bits per heavy atom. The molecule has 0 saturated heterocycles. The van der Waals surface area contributed by atoms with Crippen LogP contribution < -0.4 is 16.0 Å². The number of rotatable bonds is 6. The first-order valence-electron chi connectivity index (χ1n) is 6.79. The zero-order chi connectivity index (χ0) is 13.5. The fourth-order valence-corrected chi connectivity index (χ4v) is 2.08. The summed E-state index contributed by atoms with van der Waals surface area (Å²) in [5.41, 5.74) is 2.59. The molecule has 1 aromatic rings. The standard InChI is InChI=1S/C14H21N3O2/c1-2-19-10-4-7-17-14(18)11-5-3-6-12-13(11)16-9-8-15-12/h3,5-6,15-16H,2,4,7-10H2,1H3,(H,17,18). The zero-order valence-corrected chi connectivity index (χ0v) is 11.3. The summed E-state index contributed by atoms with van der Waals surface area (Å²) < 4.78 is 5.24. The van der Waals surface area contributed by atoms with Crippen molar-refractivity contribution < 1.29 is 9.53 Å². The van der Waals surface area contributed by atoms with Gasteiger partial charge in [-0.3, -0.25) is 4.79 Å². The van der Waals surface area contributed by atoms with E-state index in [-0.39, 0.29) is 5.91 Å². The van der Waals surface area contributed by atoms with Gasteiger partial charge in [-0.1, -0.05) is 6.07 Å². The molecule has 2 rings (SSSR count). The van der Waals surface area contributed by atoms with E-state index in [0.717, 1.165) is 37.5 Å². The summed E-state index contributed by atoms with van der Waals surface area (Å²) in [5.74, 6) is -0.0375. The van der Waals surface area contributed by atoms with E-state index in [2.05, 4.69) is 16.0 Å². The molecule has 1 aromatic carbocycles. The number of para-hydroxylation sites is 1. The summed E-state index contributed by atoms with van der Waals surface area (Å²) in [6.07, 6.45) is 0.834. The molecule has 1 heterocycles. The lowest BCUT2D eigenvalue weighted by Crippen LogP contribution is -2.28. The number of carbonyl (C=O) groups excluding carboxylic acids is 1. The maximum atomic E-state index is 12.1. The Bertz CT molecular complexity index is 435. The maximum Gasteiger partial charge on any atom is 0.253 e. The topological polar surface area (TPSA) is 62.4 Å². The predicted molar refractivity (Wildman–Crippen MR) is 76.9 cm³/mol. The lowest BCUT2D eigenvalue weighted by molar-refractivity contribution is 0.0945. The van der Waals surface area contributed by atoms with E-state index in [0.29, 0.717) is 18.7 Å². The number of carbonyl (C=O) groups is 1. The second-order valence-corrected chi connectivity index (χ2v) is 4.39. The average molecular weight is 263 g/mol. The molecular formula is C14H21N3O2. The van der Waals surface area contributed by atoms with Crippen LogP contribution in [0.2, 0.25) is 0 Å². The second kappa shape index (κ2) is 6.99. The number of hydrogen-bond donors (Lipinski definition) is 3. The Hall–Kier alpha value is -1.75. The molecule has 0 unspecified atom stereocenters. The van der Waals surface area contributed by atoms with Gasteiger partial charge in [-0.2, -0.15) is 0 Å². The lowest BCUT2D eigenvalue weighted by Gasteiger charge is -2.22. The summed E-state index contributed by atoms with van der Waals surface area (Å²) in [4.78, 5) is 12.1. The highest BCUT2D eigenvalue weighted by atomic mass is 16.5. The molecule has 0 saturated carbocycles. The van der Waals surface area contributed by atoms with E-state index in [4.69, 9.17) is 4.74 Å². The first-order chi connectivity index (χ1) is 9.33. The molecule has 0 spiro atoms. The quantitative estimate of drug-likeness (QED) is 0.683. The van der Waals surface area contributed by atoms with Gasteiger partial charge in [-0.25, -0.2) is 0 Å². The summed E-state index contributed by atoms with van der Waals surface area (Å²) in [6.45, 7) is 5.72. The summed E-state index contributed by atoms with van der Waals surface area (Å²) >= 11 is 0. The molecule has 3 N–H and O–H groups in total. The third-order valence-corrected chi connectivity index (χ3v) is 3.01. The number of benzene rings is 1. The fraction of sp³-hybridized carbons (Fsp3) is 0.500. The number of ether oxygens (including phenoxy) is 1. The van der Waals surface area contributed by atoms with Gasteiger partial charge in [0.1, 0.15) is 0 Å². The highest BCUT2D eigenvalue weighted by Gasteiger charge is 2.16. The number of anilines is 2. The van der Waals surface area contributed by atoms with Crippen LogP contribution in [0.5, 0.6) is 0 Å². The smallest absolute Gasteiger partial charge is 0.253 e. The molecule has 0 bridgehead atoms. The molecular weight excluding hydrogens is 242 g/mol. The van der Waals surface area contributed by atoms with Crippen LogP contribution in [0, 0.1) is 0 Å². The van der Waals surface area contributed by atoms with E-state index >= 15 is 0 Å². The SMILES string of the molecule is CCOCCCNC(=O)c1cccc2c1NCCN2. The predicted octanol–water partition coefficient (Wildman–Crippen LogP) is 1.68. The van der Waals surface area contributed by atoms with E-state index in [1.807, 2.05) is 25.1 Å². The van der Waals surface area contributed by atoms with Crippen LogP contribution in [-0.4, -0.2) is 38.8 Å². The first kappa shape index (κ1) is 13.7. The van der Waals surface area contributed by atoms with Crippen molar-refractivity contribution in [2.45, 2.75) is 13.3 Å². The Morgan fingerprint density at radius 1 is 1.37 bits per heavy atom. The van der Waals surface area contributed by atoms with Crippen molar-refractivity contribution in [3.05, 3.63) is 23.8 Å². The Balaban J connectivity index is 1.92. The zero-order valence-electron chi connectivity index (χ0n) is 11.3. The molecule has 0 fully saturated rings. The van der Waals surface area contributed by atoms with Crippen molar-refractivity contribution in [1.82, 2.24) is 5.32 Å². The molecule has 0 atom stereocenters. The van der Waals surface area contributed by atoms with Gasteiger partial charge in [0.2, 0.25) is 0 Å². The van der Waals surface area contributed by atoms with Gasteiger partial charge in [-0.15, -0.1) is 0 Å². The van der Waals surface area contributed by atoms with E-state index in [1.54, 1.807) is 0 Å². The summed E-state index contributed by atoms with van der Waals surface area (Å²) in [6, 6.07) is 5.72. The minimum atomic E-state index is -0.0375. The van der Waals surface area contributed by atoms with Crippen molar-refractivity contribution in [2.24, 2.45) is 0 Å². The molecule has 0 aliphatic carbocycles. The maximum absolute atomic E-state index is 12.1. The molecule has 1 aliphatic heterocycles. The number of fused-ring (bicyclic) bond motifs is 1. The summed E-state index contributed by atoms with van der Waals surface area (Å²) in [7, 11) is 0. The van der Waals surface area contributed by atoms with Crippen LogP contribution in [0.15, 0.2) is 18.2 Å². The van der Waals surface area contributed by atoms with Crippen LogP contribution in [0.1, 0.15) is 23.7 Å². The van der Waals surface area contributed by atoms with E-state index < -0.39 is 0 Å². The number of hydrogen-bond acceptors (Lipinski definition) is 4. The van der Waals surface area contributed by atoms with Gasteiger partial charge < -0.3 is 20.7 Å². The van der Waals surface area contributed by atoms with Crippen LogP contribution in [0.3, 0.4) is 0 Å². The third kappa shape index (κ3) is 3.61. The van der Waals surface area contributed by atoms with Crippen molar-refractivity contribution in [1.29, 1.82) is 0 Å². The molecule has 0 aromatic heterocycles. The van der Waals surface area contributed by atoms with Crippen LogP contribution in [0.4, 0.5) is 11.4 Å². The molecule has 0 radical (unpaired) electrons. The minimum Gasteiger partial charge on any atom is -0.382 e. The normalized spacial score (nSPS) is 13.1. The number of nitrogens with one attached hydrogen (secondary N) is 3. The molecule has 19 heavy (non-hydrogen) atoms. The molecule has 5 nitrogen and oxygen atoms in total. The minimum absolute atomic E-state index is 0.0375. The second-order valence-electron chi connectivity index (χ2n) is 4.39. The molecule has 5 heteroatoms. The Labute approximate surface area is 113 Å². The van der Waals surface area contributed by atoms with Gasteiger partial charge in [0.05, 0.1) is 16.9 Å².